The number of nitrogens with zero attached hydrogens (tertiary/aromatic N) is 2. The van der Waals surface area contributed by atoms with Crippen LogP contribution >= 0.6 is 35.1 Å². The molecule has 0 bridgehead atoms. The van der Waals surface area contributed by atoms with Gasteiger partial charge in [0.2, 0.25) is 5.91 Å². The largest absolute Gasteiger partial charge is 0.325 e. The van der Waals surface area contributed by atoms with Gasteiger partial charge in [-0.25, -0.2) is 9.97 Å². The predicted octanol–water partition coefficient (Wildman–Crippen LogP) is 5.32. The van der Waals surface area contributed by atoms with E-state index in [-0.39, 0.29) is 11.7 Å². The Morgan fingerprint density at radius 2 is 1.81 bits per heavy atom. The molecule has 1 amide bonds. The van der Waals surface area contributed by atoms with Crippen LogP contribution in [0.25, 0.3) is 0 Å². The lowest BCUT2D eigenvalue weighted by molar-refractivity contribution is -0.113. The summed E-state index contributed by atoms with van der Waals surface area (Å²) >= 11 is 8.85. The average molecular weight is 402 g/mol. The van der Waals surface area contributed by atoms with Crippen molar-refractivity contribution in [2.45, 2.75) is 21.9 Å². The van der Waals surface area contributed by atoms with Gasteiger partial charge in [-0.15, -0.1) is 0 Å². The summed E-state index contributed by atoms with van der Waals surface area (Å²) < 4.78 is 0. The maximum absolute atomic E-state index is 12.3. The monoisotopic (exact) mass is 401 g/mol. The maximum atomic E-state index is 12.3. The topological polar surface area (TPSA) is 54.9 Å². The minimum Gasteiger partial charge on any atom is -0.325 e. The minimum absolute atomic E-state index is 0.0956. The number of carbonyl (C=O) groups is 1. The SMILES string of the molecule is Cc1cc(Cl)ccc1NC(=O)CSc1nccnc1Sc1ccccc1. The van der Waals surface area contributed by atoms with Crippen molar-refractivity contribution >= 4 is 46.7 Å². The van der Waals surface area contributed by atoms with E-state index in [9.17, 15) is 4.79 Å². The Hall–Kier alpha value is -2.02. The predicted molar refractivity (Wildman–Crippen MR) is 108 cm³/mol. The number of carbonyl (C=O) groups excluding carboxylic acids is 1. The van der Waals surface area contributed by atoms with E-state index >= 15 is 0 Å². The zero-order valence-electron chi connectivity index (χ0n) is 14.0. The molecule has 0 aliphatic carbocycles. The first kappa shape index (κ1) is 18.8. The molecular formula is C19H16ClN3OS2. The lowest BCUT2D eigenvalue weighted by Gasteiger charge is -2.09. The van der Waals surface area contributed by atoms with Gasteiger partial charge in [0.25, 0.3) is 0 Å². The molecule has 0 aliphatic rings. The first-order chi connectivity index (χ1) is 12.6. The Bertz CT molecular complexity index is 906. The van der Waals surface area contributed by atoms with E-state index in [0.717, 1.165) is 26.2 Å². The van der Waals surface area contributed by atoms with Gasteiger partial charge in [0.15, 0.2) is 0 Å². The van der Waals surface area contributed by atoms with E-state index in [4.69, 9.17) is 11.6 Å². The van der Waals surface area contributed by atoms with Crippen LogP contribution in [0, 0.1) is 6.92 Å². The summed E-state index contributed by atoms with van der Waals surface area (Å²) in [4.78, 5) is 22.1. The molecule has 7 heteroatoms. The van der Waals surface area contributed by atoms with E-state index in [1.807, 2.05) is 43.3 Å². The lowest BCUT2D eigenvalue weighted by Crippen LogP contribution is -2.15. The molecule has 132 valence electrons. The van der Waals surface area contributed by atoms with Crippen LogP contribution < -0.4 is 5.32 Å². The molecule has 4 nitrogen and oxygen atoms in total. The Balaban J connectivity index is 1.63. The second kappa shape index (κ2) is 9.07. The summed E-state index contributed by atoms with van der Waals surface area (Å²) in [5.41, 5.74) is 1.69. The highest BCUT2D eigenvalue weighted by Gasteiger charge is 2.11. The van der Waals surface area contributed by atoms with Crippen molar-refractivity contribution in [3.05, 3.63) is 71.5 Å². The van der Waals surface area contributed by atoms with Gasteiger partial charge >= 0.3 is 0 Å². The molecule has 0 unspecified atom stereocenters. The summed E-state index contributed by atoms with van der Waals surface area (Å²) in [5, 5.41) is 5.08. The smallest absolute Gasteiger partial charge is 0.234 e. The Kier molecular flexibility index (Phi) is 6.55. The molecule has 0 saturated carbocycles. The molecule has 0 fully saturated rings. The van der Waals surface area contributed by atoms with Crippen LogP contribution in [-0.2, 0) is 4.79 Å². The fraction of sp³-hybridized carbons (Fsp3) is 0.105. The Morgan fingerprint density at radius 3 is 2.54 bits per heavy atom. The van der Waals surface area contributed by atoms with Crippen molar-refractivity contribution in [2.75, 3.05) is 11.1 Å². The normalized spacial score (nSPS) is 10.5. The van der Waals surface area contributed by atoms with Crippen LogP contribution in [0.1, 0.15) is 5.56 Å². The number of aryl methyl sites for hydroxylation is 1. The number of anilines is 1. The van der Waals surface area contributed by atoms with Crippen molar-refractivity contribution in [2.24, 2.45) is 0 Å². The first-order valence-corrected chi connectivity index (χ1v) is 10.0. The third-order valence-corrected chi connectivity index (χ3v) is 5.74. The van der Waals surface area contributed by atoms with Crippen LogP contribution in [0.2, 0.25) is 5.02 Å². The number of hydrogen-bond donors (Lipinski definition) is 1. The molecule has 0 aliphatic heterocycles. The van der Waals surface area contributed by atoms with Gasteiger partial charge in [-0.05, 0) is 42.8 Å². The second-order valence-electron chi connectivity index (χ2n) is 5.38. The average Bonchev–Trinajstić information content (AvgIpc) is 2.64. The summed E-state index contributed by atoms with van der Waals surface area (Å²) in [6, 6.07) is 15.4. The van der Waals surface area contributed by atoms with Crippen molar-refractivity contribution in [1.29, 1.82) is 0 Å². The van der Waals surface area contributed by atoms with Gasteiger partial charge in [0.05, 0.1) is 5.75 Å². The zero-order valence-corrected chi connectivity index (χ0v) is 16.4. The number of aromatic nitrogens is 2. The van der Waals surface area contributed by atoms with E-state index in [2.05, 4.69) is 15.3 Å². The number of amides is 1. The van der Waals surface area contributed by atoms with Crippen LogP contribution in [0.3, 0.4) is 0 Å². The van der Waals surface area contributed by atoms with Crippen molar-refractivity contribution in [1.82, 2.24) is 9.97 Å². The van der Waals surface area contributed by atoms with Gasteiger partial charge in [0, 0.05) is 28.0 Å². The molecule has 1 aromatic heterocycles. The summed E-state index contributed by atoms with van der Waals surface area (Å²) in [7, 11) is 0. The molecule has 26 heavy (non-hydrogen) atoms. The molecule has 0 atom stereocenters. The van der Waals surface area contributed by atoms with Crippen LogP contribution in [-0.4, -0.2) is 21.6 Å². The number of halogens is 1. The molecule has 1 heterocycles. The molecule has 3 aromatic rings. The molecule has 0 radical (unpaired) electrons. The van der Waals surface area contributed by atoms with Gasteiger partial charge < -0.3 is 5.32 Å². The Morgan fingerprint density at radius 1 is 1.08 bits per heavy atom. The Labute approximate surface area is 165 Å². The van der Waals surface area contributed by atoms with E-state index < -0.39 is 0 Å². The highest BCUT2D eigenvalue weighted by Crippen LogP contribution is 2.32. The number of nitrogens with one attached hydrogen (secondary N) is 1. The third kappa shape index (κ3) is 5.24. The summed E-state index contributed by atoms with van der Waals surface area (Å²) in [6.07, 6.45) is 3.30. The van der Waals surface area contributed by atoms with Gasteiger partial charge in [0.1, 0.15) is 10.1 Å². The molecule has 3 rings (SSSR count). The second-order valence-corrected chi connectivity index (χ2v) is 7.84. The number of rotatable bonds is 6. The molecular weight excluding hydrogens is 386 g/mol. The maximum Gasteiger partial charge on any atom is 0.234 e. The van der Waals surface area contributed by atoms with Crippen LogP contribution in [0.5, 0.6) is 0 Å². The van der Waals surface area contributed by atoms with Crippen LogP contribution in [0.15, 0.2) is 75.9 Å². The van der Waals surface area contributed by atoms with Gasteiger partial charge in [-0.3, -0.25) is 4.79 Å². The zero-order chi connectivity index (χ0) is 18.4. The summed E-state index contributed by atoms with van der Waals surface area (Å²) in [5.74, 6) is 0.157. The third-order valence-electron chi connectivity index (χ3n) is 3.39. The molecule has 0 spiro atoms. The number of hydrogen-bond acceptors (Lipinski definition) is 5. The van der Waals surface area contributed by atoms with Crippen LogP contribution in [0.4, 0.5) is 5.69 Å². The van der Waals surface area contributed by atoms with E-state index in [1.54, 1.807) is 24.5 Å². The van der Waals surface area contributed by atoms with Crippen molar-refractivity contribution < 1.29 is 4.79 Å². The van der Waals surface area contributed by atoms with E-state index in [0.29, 0.717) is 5.02 Å². The fourth-order valence-corrected chi connectivity index (χ4v) is 4.12. The first-order valence-electron chi connectivity index (χ1n) is 7.84. The highest BCUT2D eigenvalue weighted by atomic mass is 35.5. The highest BCUT2D eigenvalue weighted by molar-refractivity contribution is 8.02. The quantitative estimate of drug-likeness (QED) is 0.566. The van der Waals surface area contributed by atoms with Gasteiger partial charge in [-0.1, -0.05) is 53.3 Å². The standard InChI is InChI=1S/C19H16ClN3OS2/c1-13-11-14(20)7-8-16(13)23-17(24)12-25-18-19(22-10-9-21-18)26-15-5-3-2-4-6-15/h2-11H,12H2,1H3,(H,23,24). The van der Waals surface area contributed by atoms with Crippen molar-refractivity contribution in [3.8, 4) is 0 Å². The van der Waals surface area contributed by atoms with Gasteiger partial charge in [-0.2, -0.15) is 0 Å². The van der Waals surface area contributed by atoms with Crippen molar-refractivity contribution in [3.63, 3.8) is 0 Å². The fourth-order valence-electron chi connectivity index (χ4n) is 2.17. The molecule has 0 saturated heterocycles. The van der Waals surface area contributed by atoms with E-state index in [1.165, 1.54) is 23.5 Å². The minimum atomic E-state index is -0.0956. The molecule has 1 N–H and O–H groups in total. The number of thioether (sulfide) groups is 1. The lowest BCUT2D eigenvalue weighted by atomic mass is 10.2. The summed E-state index contributed by atoms with van der Waals surface area (Å²) in [6.45, 7) is 1.91. The number of benzene rings is 2. The molecule has 2 aromatic carbocycles.